The van der Waals surface area contributed by atoms with E-state index >= 15 is 0 Å². The molecule has 0 unspecified atom stereocenters. The molecule has 0 radical (unpaired) electrons. The molecule has 0 aliphatic heterocycles. The Kier molecular flexibility index (Phi) is 5.47. The van der Waals surface area contributed by atoms with Crippen LogP contribution < -0.4 is 16.2 Å². The van der Waals surface area contributed by atoms with E-state index in [0.717, 1.165) is 11.9 Å². The van der Waals surface area contributed by atoms with Crippen molar-refractivity contribution >= 4 is 34.8 Å². The van der Waals surface area contributed by atoms with Crippen LogP contribution in [0.25, 0.3) is 0 Å². The number of amides is 1. The third-order valence-corrected chi connectivity index (χ3v) is 3.82. The Hall–Kier alpha value is -3.66. The van der Waals surface area contributed by atoms with E-state index in [4.69, 9.17) is 16.0 Å². The number of nitrogens with zero attached hydrogens (tertiary/aromatic N) is 3. The SMILES string of the molecule is O=C(NNc1ncnc(NCc2ccccc2Cl)c1[N+](=O)[O-])c1ccco1. The number of rotatable bonds is 7. The van der Waals surface area contributed by atoms with Crippen LogP contribution >= 0.6 is 11.6 Å². The molecule has 0 aliphatic carbocycles. The Morgan fingerprint density at radius 1 is 1.19 bits per heavy atom. The van der Waals surface area contributed by atoms with Crippen molar-refractivity contribution in [2.24, 2.45) is 0 Å². The normalized spacial score (nSPS) is 10.3. The summed E-state index contributed by atoms with van der Waals surface area (Å²) in [5, 5.41) is 14.9. The molecule has 0 fully saturated rings. The van der Waals surface area contributed by atoms with Crippen molar-refractivity contribution in [3.05, 3.63) is 75.4 Å². The molecule has 3 N–H and O–H groups in total. The zero-order valence-corrected chi connectivity index (χ0v) is 14.4. The molecule has 0 saturated heterocycles. The van der Waals surface area contributed by atoms with Crippen molar-refractivity contribution in [3.63, 3.8) is 0 Å². The van der Waals surface area contributed by atoms with Gasteiger partial charge in [0, 0.05) is 11.6 Å². The zero-order chi connectivity index (χ0) is 19.2. The van der Waals surface area contributed by atoms with Gasteiger partial charge in [-0.3, -0.25) is 25.8 Å². The summed E-state index contributed by atoms with van der Waals surface area (Å²) in [6.07, 6.45) is 2.46. The van der Waals surface area contributed by atoms with Crippen LogP contribution in [0.2, 0.25) is 5.02 Å². The van der Waals surface area contributed by atoms with Gasteiger partial charge < -0.3 is 9.73 Å². The summed E-state index contributed by atoms with van der Waals surface area (Å²) in [6.45, 7) is 0.218. The summed E-state index contributed by atoms with van der Waals surface area (Å²) in [4.78, 5) is 30.4. The van der Waals surface area contributed by atoms with Gasteiger partial charge in [-0.2, -0.15) is 0 Å². The molecular weight excluding hydrogens is 376 g/mol. The van der Waals surface area contributed by atoms with Gasteiger partial charge in [0.05, 0.1) is 11.2 Å². The van der Waals surface area contributed by atoms with Gasteiger partial charge in [0.1, 0.15) is 6.33 Å². The van der Waals surface area contributed by atoms with Gasteiger partial charge in [-0.15, -0.1) is 0 Å². The second kappa shape index (κ2) is 8.15. The molecule has 2 aromatic heterocycles. The van der Waals surface area contributed by atoms with Gasteiger partial charge in [-0.1, -0.05) is 29.8 Å². The summed E-state index contributed by atoms with van der Waals surface area (Å²) in [6, 6.07) is 10.1. The maximum absolute atomic E-state index is 11.9. The van der Waals surface area contributed by atoms with E-state index in [1.54, 1.807) is 30.3 Å². The highest BCUT2D eigenvalue weighted by atomic mass is 35.5. The Bertz CT molecular complexity index is 963. The number of hydrogen-bond acceptors (Lipinski definition) is 8. The molecule has 0 bridgehead atoms. The number of nitro groups is 1. The van der Waals surface area contributed by atoms with Gasteiger partial charge in [0.2, 0.25) is 11.6 Å². The first-order chi connectivity index (χ1) is 13.1. The van der Waals surface area contributed by atoms with Crippen molar-refractivity contribution in [3.8, 4) is 0 Å². The largest absolute Gasteiger partial charge is 0.459 e. The van der Waals surface area contributed by atoms with Crippen LogP contribution in [0, 0.1) is 10.1 Å². The maximum Gasteiger partial charge on any atom is 0.354 e. The van der Waals surface area contributed by atoms with Crippen LogP contribution in [0.4, 0.5) is 17.3 Å². The average molecular weight is 389 g/mol. The highest BCUT2D eigenvalue weighted by Crippen LogP contribution is 2.29. The molecular formula is C16H13ClN6O4. The first-order valence-electron chi connectivity index (χ1n) is 7.63. The van der Waals surface area contributed by atoms with Crippen LogP contribution in [0.15, 0.2) is 53.4 Å². The van der Waals surface area contributed by atoms with E-state index in [2.05, 4.69) is 26.1 Å². The standard InChI is InChI=1S/C16H13ClN6O4/c17-11-5-2-1-4-10(11)8-18-14-13(23(25)26)15(20-9-19-14)21-22-16(24)12-6-3-7-27-12/h1-7,9H,8H2,(H,22,24)(H2,18,19,20,21). The third kappa shape index (κ3) is 4.30. The van der Waals surface area contributed by atoms with Crippen LogP contribution in [-0.4, -0.2) is 20.8 Å². The monoisotopic (exact) mass is 388 g/mol. The summed E-state index contributed by atoms with van der Waals surface area (Å²) >= 11 is 6.08. The number of benzene rings is 1. The maximum atomic E-state index is 11.9. The number of hydrazine groups is 1. The quantitative estimate of drug-likeness (QED) is 0.415. The number of carbonyl (C=O) groups is 1. The van der Waals surface area contributed by atoms with E-state index < -0.39 is 16.5 Å². The Morgan fingerprint density at radius 2 is 1.96 bits per heavy atom. The summed E-state index contributed by atoms with van der Waals surface area (Å²) in [5.74, 6) is -0.781. The Balaban J connectivity index is 1.77. The molecule has 10 nitrogen and oxygen atoms in total. The van der Waals surface area contributed by atoms with Gasteiger partial charge in [-0.05, 0) is 23.8 Å². The molecule has 0 aliphatic rings. The highest BCUT2D eigenvalue weighted by Gasteiger charge is 2.23. The number of nitrogens with one attached hydrogen (secondary N) is 3. The van der Waals surface area contributed by atoms with Crippen molar-refractivity contribution in [2.75, 3.05) is 10.7 Å². The fourth-order valence-corrected chi connectivity index (χ4v) is 2.38. The smallest absolute Gasteiger partial charge is 0.354 e. The van der Waals surface area contributed by atoms with E-state index in [1.165, 1.54) is 12.3 Å². The lowest BCUT2D eigenvalue weighted by atomic mass is 10.2. The first kappa shape index (κ1) is 18.1. The first-order valence-corrected chi connectivity index (χ1v) is 8.00. The molecule has 0 atom stereocenters. The fraction of sp³-hybridized carbons (Fsp3) is 0.0625. The Labute approximate surface area is 157 Å². The highest BCUT2D eigenvalue weighted by molar-refractivity contribution is 6.31. The molecule has 3 rings (SSSR count). The average Bonchev–Trinajstić information content (AvgIpc) is 3.20. The van der Waals surface area contributed by atoms with Crippen molar-refractivity contribution < 1.29 is 14.1 Å². The molecule has 11 heteroatoms. The molecule has 27 heavy (non-hydrogen) atoms. The van der Waals surface area contributed by atoms with Gasteiger partial charge in [-0.25, -0.2) is 9.97 Å². The number of halogens is 1. The van der Waals surface area contributed by atoms with E-state index in [-0.39, 0.29) is 23.9 Å². The minimum absolute atomic E-state index is 0.0235. The van der Waals surface area contributed by atoms with Gasteiger partial charge in [0.15, 0.2) is 5.76 Å². The van der Waals surface area contributed by atoms with Crippen molar-refractivity contribution in [2.45, 2.75) is 6.54 Å². The topological polar surface area (TPSA) is 135 Å². The molecule has 3 aromatic rings. The number of furan rings is 1. The van der Waals surface area contributed by atoms with Crippen LogP contribution in [0.5, 0.6) is 0 Å². The minimum atomic E-state index is -0.656. The predicted molar refractivity (Wildman–Crippen MR) is 97.3 cm³/mol. The van der Waals surface area contributed by atoms with Crippen LogP contribution in [0.3, 0.4) is 0 Å². The lowest BCUT2D eigenvalue weighted by Crippen LogP contribution is -2.30. The Morgan fingerprint density at radius 3 is 2.67 bits per heavy atom. The summed E-state index contributed by atoms with van der Waals surface area (Å²) in [7, 11) is 0. The minimum Gasteiger partial charge on any atom is -0.459 e. The molecule has 1 amide bonds. The van der Waals surface area contributed by atoms with E-state index in [9.17, 15) is 14.9 Å². The lowest BCUT2D eigenvalue weighted by Gasteiger charge is -2.11. The van der Waals surface area contributed by atoms with Crippen molar-refractivity contribution in [1.29, 1.82) is 0 Å². The zero-order valence-electron chi connectivity index (χ0n) is 13.7. The molecule has 1 aromatic carbocycles. The predicted octanol–water partition coefficient (Wildman–Crippen LogP) is 3.00. The molecule has 138 valence electrons. The second-order valence-electron chi connectivity index (χ2n) is 5.18. The van der Waals surface area contributed by atoms with Crippen molar-refractivity contribution in [1.82, 2.24) is 15.4 Å². The third-order valence-electron chi connectivity index (χ3n) is 3.45. The van der Waals surface area contributed by atoms with E-state index in [1.807, 2.05) is 0 Å². The van der Waals surface area contributed by atoms with E-state index in [0.29, 0.717) is 5.02 Å². The molecule has 2 heterocycles. The van der Waals surface area contributed by atoms with Gasteiger partial charge in [0.25, 0.3) is 0 Å². The number of carbonyl (C=O) groups excluding carboxylic acids is 1. The number of hydrogen-bond donors (Lipinski definition) is 3. The summed E-state index contributed by atoms with van der Waals surface area (Å²) < 4.78 is 4.94. The second-order valence-corrected chi connectivity index (χ2v) is 5.59. The van der Waals surface area contributed by atoms with Gasteiger partial charge >= 0.3 is 11.6 Å². The number of anilines is 2. The molecule has 0 saturated carbocycles. The fourth-order valence-electron chi connectivity index (χ4n) is 2.18. The van der Waals surface area contributed by atoms with Crippen LogP contribution in [-0.2, 0) is 6.54 Å². The number of aromatic nitrogens is 2. The lowest BCUT2D eigenvalue weighted by molar-refractivity contribution is -0.383. The van der Waals surface area contributed by atoms with Crippen LogP contribution in [0.1, 0.15) is 16.1 Å². The molecule has 0 spiro atoms. The summed E-state index contributed by atoms with van der Waals surface area (Å²) in [5.41, 5.74) is 5.01.